The lowest BCUT2D eigenvalue weighted by molar-refractivity contribution is -0.139. The minimum atomic E-state index is -1.15. The average molecular weight is 353 g/mol. The van der Waals surface area contributed by atoms with E-state index in [-0.39, 0.29) is 17.7 Å². The first-order valence-electron chi connectivity index (χ1n) is 7.06. The highest BCUT2D eigenvalue weighted by atomic mass is 32.2. The first-order valence-corrected chi connectivity index (χ1v) is 8.35. The molecular weight excluding hydrogens is 334 g/mol. The molecule has 3 N–H and O–H groups in total. The summed E-state index contributed by atoms with van der Waals surface area (Å²) in [4.78, 5) is 26.6. The van der Waals surface area contributed by atoms with Crippen LogP contribution < -0.4 is 10.6 Å². The zero-order chi connectivity index (χ0) is 17.1. The van der Waals surface area contributed by atoms with Crippen molar-refractivity contribution in [2.24, 2.45) is 5.73 Å². The number of hydrogen-bond acceptors (Lipinski definition) is 6. The molecule has 0 radical (unpaired) electrons. The Bertz CT molecular complexity index is 619. The highest BCUT2D eigenvalue weighted by molar-refractivity contribution is 8.24. The van der Waals surface area contributed by atoms with Gasteiger partial charge in [-0.15, -0.1) is 0 Å². The van der Waals surface area contributed by atoms with Crippen molar-refractivity contribution >= 4 is 45.9 Å². The third kappa shape index (κ3) is 4.21. The summed E-state index contributed by atoms with van der Waals surface area (Å²) >= 11 is 6.47. The fourth-order valence-electron chi connectivity index (χ4n) is 2.21. The molecule has 0 spiro atoms. The highest BCUT2D eigenvalue weighted by Crippen LogP contribution is 2.30. The summed E-state index contributed by atoms with van der Waals surface area (Å²) < 4.78 is 0.390. The molecule has 2 atom stereocenters. The van der Waals surface area contributed by atoms with Gasteiger partial charge in [0.1, 0.15) is 10.4 Å². The number of aliphatic carboxylic acids is 1. The molecule has 0 aliphatic carbocycles. The maximum atomic E-state index is 12.4. The summed E-state index contributed by atoms with van der Waals surface area (Å²) in [6.07, 6.45) is 0.552. The smallest absolute Gasteiger partial charge is 0.322 e. The van der Waals surface area contributed by atoms with Crippen molar-refractivity contribution in [2.75, 3.05) is 25.5 Å². The lowest BCUT2D eigenvalue weighted by atomic mass is 10.1. The van der Waals surface area contributed by atoms with Gasteiger partial charge in [0.2, 0.25) is 5.91 Å². The van der Waals surface area contributed by atoms with Crippen molar-refractivity contribution < 1.29 is 14.7 Å². The van der Waals surface area contributed by atoms with Crippen molar-refractivity contribution in [3.63, 3.8) is 0 Å². The first-order chi connectivity index (χ1) is 10.8. The zero-order valence-corrected chi connectivity index (χ0v) is 14.6. The molecular formula is C15H19N3O3S2. The van der Waals surface area contributed by atoms with Crippen molar-refractivity contribution in [1.82, 2.24) is 4.90 Å². The first kappa shape index (κ1) is 17.7. The minimum absolute atomic E-state index is 0.0872. The summed E-state index contributed by atoms with van der Waals surface area (Å²) in [7, 11) is 3.93. The van der Waals surface area contributed by atoms with E-state index in [1.165, 1.54) is 16.7 Å². The third-order valence-corrected chi connectivity index (χ3v) is 5.16. The van der Waals surface area contributed by atoms with Gasteiger partial charge in [-0.3, -0.25) is 14.5 Å². The van der Waals surface area contributed by atoms with E-state index in [1.807, 2.05) is 43.3 Å². The standard InChI is InChI=1S/C15H19N3O3S2/c1-17(2)10-5-3-9(4-6-10)7-12-13(19)18(15(22)23-12)8-11(16)14(20)21/h3-6,11-12H,7-8,16H2,1-2H3,(H,20,21). The Hall–Kier alpha value is -1.64. The van der Waals surface area contributed by atoms with Gasteiger partial charge in [-0.1, -0.05) is 36.1 Å². The number of rotatable bonds is 6. The fourth-order valence-corrected chi connectivity index (χ4v) is 3.76. The molecule has 2 rings (SSSR count). The van der Waals surface area contributed by atoms with E-state index in [4.69, 9.17) is 23.1 Å². The molecule has 6 nitrogen and oxygen atoms in total. The van der Waals surface area contributed by atoms with E-state index in [0.29, 0.717) is 10.7 Å². The van der Waals surface area contributed by atoms with E-state index < -0.39 is 12.0 Å². The van der Waals surface area contributed by atoms with E-state index in [2.05, 4.69) is 0 Å². The highest BCUT2D eigenvalue weighted by Gasteiger charge is 2.38. The van der Waals surface area contributed by atoms with E-state index >= 15 is 0 Å². The van der Waals surface area contributed by atoms with Gasteiger partial charge in [0.15, 0.2) is 0 Å². The SMILES string of the molecule is CN(C)c1ccc(CC2SC(=S)N(CC(N)C(=O)O)C2=O)cc1. The number of carbonyl (C=O) groups is 2. The second-order valence-corrected chi connectivity index (χ2v) is 7.37. The molecule has 0 bridgehead atoms. The summed E-state index contributed by atoms with van der Waals surface area (Å²) in [6.45, 7) is -0.0872. The maximum Gasteiger partial charge on any atom is 0.322 e. The molecule has 0 aromatic heterocycles. The quantitative estimate of drug-likeness (QED) is 0.736. The topological polar surface area (TPSA) is 86.9 Å². The van der Waals surface area contributed by atoms with Crippen LogP contribution in [0.4, 0.5) is 5.69 Å². The molecule has 1 heterocycles. The monoisotopic (exact) mass is 353 g/mol. The van der Waals surface area contributed by atoms with Crippen LogP contribution in [0.2, 0.25) is 0 Å². The summed E-state index contributed by atoms with van der Waals surface area (Å²) in [5, 5.41) is 8.54. The molecule has 0 saturated carbocycles. The molecule has 1 saturated heterocycles. The van der Waals surface area contributed by atoms with Crippen molar-refractivity contribution in [2.45, 2.75) is 17.7 Å². The number of carboxylic acid groups (broad SMARTS) is 1. The molecule has 1 aliphatic heterocycles. The molecule has 1 fully saturated rings. The number of benzene rings is 1. The van der Waals surface area contributed by atoms with Gasteiger partial charge in [-0.25, -0.2) is 0 Å². The number of amides is 1. The Labute approximate surface area is 144 Å². The van der Waals surface area contributed by atoms with E-state index in [9.17, 15) is 9.59 Å². The second kappa shape index (κ2) is 7.29. The van der Waals surface area contributed by atoms with Gasteiger partial charge in [-0.05, 0) is 24.1 Å². The number of nitrogens with zero attached hydrogens (tertiary/aromatic N) is 2. The molecule has 1 aromatic rings. The maximum absolute atomic E-state index is 12.4. The largest absolute Gasteiger partial charge is 0.480 e. The fraction of sp³-hybridized carbons (Fsp3) is 0.400. The molecule has 124 valence electrons. The van der Waals surface area contributed by atoms with Crippen LogP contribution in [-0.2, 0) is 16.0 Å². The Kier molecular flexibility index (Phi) is 5.61. The summed E-state index contributed by atoms with van der Waals surface area (Å²) in [6, 6.07) is 6.83. The molecule has 1 aliphatic rings. The Balaban J connectivity index is 2.03. The van der Waals surface area contributed by atoms with Crippen LogP contribution in [0.5, 0.6) is 0 Å². The van der Waals surface area contributed by atoms with Gasteiger partial charge in [0, 0.05) is 19.8 Å². The summed E-state index contributed by atoms with van der Waals surface area (Å²) in [5.41, 5.74) is 7.62. The van der Waals surface area contributed by atoms with Crippen LogP contribution in [0, 0.1) is 0 Å². The Morgan fingerprint density at radius 3 is 2.57 bits per heavy atom. The Morgan fingerprint density at radius 2 is 2.04 bits per heavy atom. The van der Waals surface area contributed by atoms with E-state index in [0.717, 1.165) is 11.3 Å². The summed E-state index contributed by atoms with van der Waals surface area (Å²) in [5.74, 6) is -1.32. The number of thiocarbonyl (C=S) groups is 1. The Morgan fingerprint density at radius 1 is 1.43 bits per heavy atom. The van der Waals surface area contributed by atoms with Crippen LogP contribution in [0.25, 0.3) is 0 Å². The van der Waals surface area contributed by atoms with Gasteiger partial charge in [0.25, 0.3) is 0 Å². The lowest BCUT2D eigenvalue weighted by Crippen LogP contribution is -2.45. The van der Waals surface area contributed by atoms with Gasteiger partial charge >= 0.3 is 5.97 Å². The predicted molar refractivity (Wildman–Crippen MR) is 95.8 cm³/mol. The molecule has 1 aromatic carbocycles. The number of nitrogens with two attached hydrogens (primary N) is 1. The number of anilines is 1. The van der Waals surface area contributed by atoms with Gasteiger partial charge < -0.3 is 15.7 Å². The molecule has 1 amide bonds. The van der Waals surface area contributed by atoms with Crippen LogP contribution >= 0.6 is 24.0 Å². The third-order valence-electron chi connectivity index (χ3n) is 3.58. The zero-order valence-electron chi connectivity index (χ0n) is 12.9. The number of carbonyl (C=O) groups excluding carboxylic acids is 1. The van der Waals surface area contributed by atoms with Gasteiger partial charge in [0.05, 0.1) is 11.8 Å². The van der Waals surface area contributed by atoms with E-state index in [1.54, 1.807) is 0 Å². The average Bonchev–Trinajstić information content (AvgIpc) is 2.75. The number of carboxylic acids is 1. The van der Waals surface area contributed by atoms with Crippen molar-refractivity contribution in [3.8, 4) is 0 Å². The molecule has 23 heavy (non-hydrogen) atoms. The number of hydrogen-bond donors (Lipinski definition) is 2. The molecule has 2 unspecified atom stereocenters. The van der Waals surface area contributed by atoms with Crippen LogP contribution in [-0.4, -0.2) is 58.1 Å². The van der Waals surface area contributed by atoms with Crippen molar-refractivity contribution in [1.29, 1.82) is 0 Å². The van der Waals surface area contributed by atoms with Gasteiger partial charge in [-0.2, -0.15) is 0 Å². The number of thioether (sulfide) groups is 1. The predicted octanol–water partition coefficient (Wildman–Crippen LogP) is 0.936. The lowest BCUT2D eigenvalue weighted by Gasteiger charge is -2.18. The molecule has 8 heteroatoms. The van der Waals surface area contributed by atoms with Crippen LogP contribution in [0.3, 0.4) is 0 Å². The normalized spacial score (nSPS) is 19.1. The van der Waals surface area contributed by atoms with Crippen LogP contribution in [0.15, 0.2) is 24.3 Å². The van der Waals surface area contributed by atoms with Crippen LogP contribution in [0.1, 0.15) is 5.56 Å². The van der Waals surface area contributed by atoms with Crippen molar-refractivity contribution in [3.05, 3.63) is 29.8 Å². The second-order valence-electron chi connectivity index (χ2n) is 5.53. The minimum Gasteiger partial charge on any atom is -0.480 e.